The summed E-state index contributed by atoms with van der Waals surface area (Å²) in [5.41, 5.74) is 1.16. The second-order valence-electron chi connectivity index (χ2n) is 3.31. The molecule has 0 N–H and O–H groups in total. The van der Waals surface area contributed by atoms with Crippen molar-refractivity contribution in [3.05, 3.63) is 24.3 Å². The van der Waals surface area contributed by atoms with Crippen LogP contribution in [0.2, 0.25) is 0 Å². The van der Waals surface area contributed by atoms with Crippen molar-refractivity contribution in [2.24, 2.45) is 0 Å². The fraction of sp³-hybridized carbons (Fsp3) is 0.500. The van der Waals surface area contributed by atoms with Crippen LogP contribution >= 0.6 is 0 Å². The van der Waals surface area contributed by atoms with Crippen LogP contribution in [-0.2, 0) is 14.3 Å². The monoisotopic (exact) mass is 180 g/mol. The standard InChI is InChI=1S/C10H12O3/c1-2-10(11)12-6-7-3-4-8-9(5-7)13-8/h2,5,8-9H,1,3-4,6H2. The van der Waals surface area contributed by atoms with Gasteiger partial charge < -0.3 is 9.47 Å². The first-order chi connectivity index (χ1) is 6.29. The molecule has 0 radical (unpaired) electrons. The number of carbonyl (C=O) groups is 1. The maximum absolute atomic E-state index is 10.7. The third-order valence-electron chi connectivity index (χ3n) is 2.34. The van der Waals surface area contributed by atoms with Gasteiger partial charge in [-0.1, -0.05) is 12.7 Å². The highest BCUT2D eigenvalue weighted by Gasteiger charge is 2.39. The van der Waals surface area contributed by atoms with Crippen molar-refractivity contribution < 1.29 is 14.3 Å². The first-order valence-corrected chi connectivity index (χ1v) is 4.44. The maximum Gasteiger partial charge on any atom is 0.330 e. The van der Waals surface area contributed by atoms with E-state index in [0.29, 0.717) is 18.8 Å². The summed E-state index contributed by atoms with van der Waals surface area (Å²) < 4.78 is 10.2. The topological polar surface area (TPSA) is 38.8 Å². The first kappa shape index (κ1) is 8.51. The van der Waals surface area contributed by atoms with E-state index in [1.165, 1.54) is 6.08 Å². The Balaban J connectivity index is 1.81. The molecule has 1 heterocycles. The number of hydrogen-bond donors (Lipinski definition) is 0. The number of carbonyl (C=O) groups excluding carboxylic acids is 1. The summed E-state index contributed by atoms with van der Waals surface area (Å²) in [6.45, 7) is 3.72. The van der Waals surface area contributed by atoms with Gasteiger partial charge in [-0.25, -0.2) is 4.79 Å². The van der Waals surface area contributed by atoms with Gasteiger partial charge in [0.15, 0.2) is 0 Å². The SMILES string of the molecule is C=CC(=O)OCC1=CC2OC2CC1. The van der Waals surface area contributed by atoms with E-state index in [4.69, 9.17) is 9.47 Å². The van der Waals surface area contributed by atoms with Crippen LogP contribution in [0.15, 0.2) is 24.3 Å². The van der Waals surface area contributed by atoms with E-state index in [1.807, 2.05) is 0 Å². The van der Waals surface area contributed by atoms with Gasteiger partial charge >= 0.3 is 5.97 Å². The minimum absolute atomic E-state index is 0.297. The van der Waals surface area contributed by atoms with Gasteiger partial charge in [-0.05, 0) is 18.4 Å². The van der Waals surface area contributed by atoms with E-state index in [2.05, 4.69) is 12.7 Å². The van der Waals surface area contributed by atoms with Gasteiger partial charge in [0.2, 0.25) is 0 Å². The van der Waals surface area contributed by atoms with Gasteiger partial charge in [-0.2, -0.15) is 0 Å². The van der Waals surface area contributed by atoms with Crippen molar-refractivity contribution in [3.63, 3.8) is 0 Å². The lowest BCUT2D eigenvalue weighted by Crippen LogP contribution is -2.09. The van der Waals surface area contributed by atoms with Crippen LogP contribution in [-0.4, -0.2) is 24.8 Å². The molecule has 0 aromatic carbocycles. The zero-order valence-corrected chi connectivity index (χ0v) is 7.36. The number of hydrogen-bond acceptors (Lipinski definition) is 3. The van der Waals surface area contributed by atoms with Crippen molar-refractivity contribution in [3.8, 4) is 0 Å². The molecule has 2 atom stereocenters. The molecule has 13 heavy (non-hydrogen) atoms. The minimum Gasteiger partial charge on any atom is -0.458 e. The van der Waals surface area contributed by atoms with Crippen molar-refractivity contribution >= 4 is 5.97 Å². The van der Waals surface area contributed by atoms with Crippen LogP contribution in [0.4, 0.5) is 0 Å². The van der Waals surface area contributed by atoms with Crippen molar-refractivity contribution in [1.82, 2.24) is 0 Å². The molecule has 2 rings (SSSR count). The Morgan fingerprint density at radius 2 is 2.69 bits per heavy atom. The molecule has 2 unspecified atom stereocenters. The molecule has 1 fully saturated rings. The molecule has 70 valence electrons. The van der Waals surface area contributed by atoms with E-state index >= 15 is 0 Å². The number of esters is 1. The molecule has 3 nitrogen and oxygen atoms in total. The van der Waals surface area contributed by atoms with Crippen LogP contribution in [0.25, 0.3) is 0 Å². The highest BCUT2D eigenvalue weighted by molar-refractivity contribution is 5.81. The van der Waals surface area contributed by atoms with Gasteiger partial charge in [0, 0.05) is 6.08 Å². The Morgan fingerprint density at radius 3 is 3.38 bits per heavy atom. The Morgan fingerprint density at radius 1 is 1.85 bits per heavy atom. The molecule has 0 bridgehead atoms. The van der Waals surface area contributed by atoms with Crippen LogP contribution in [0.1, 0.15) is 12.8 Å². The molecule has 2 aliphatic rings. The summed E-state index contributed by atoms with van der Waals surface area (Å²) in [6.07, 6.45) is 6.02. The highest BCUT2D eigenvalue weighted by Crippen LogP contribution is 2.34. The maximum atomic E-state index is 10.7. The molecule has 0 aromatic heterocycles. The lowest BCUT2D eigenvalue weighted by atomic mass is 10.0. The van der Waals surface area contributed by atoms with Crippen molar-refractivity contribution in [1.29, 1.82) is 0 Å². The molecule has 1 aliphatic heterocycles. The average molecular weight is 180 g/mol. The highest BCUT2D eigenvalue weighted by atomic mass is 16.6. The van der Waals surface area contributed by atoms with Crippen LogP contribution in [0, 0.1) is 0 Å². The summed E-state index contributed by atoms with van der Waals surface area (Å²) in [7, 11) is 0. The van der Waals surface area contributed by atoms with Crippen LogP contribution < -0.4 is 0 Å². The summed E-state index contributed by atoms with van der Waals surface area (Å²) in [4.78, 5) is 10.7. The Labute approximate surface area is 77.0 Å². The van der Waals surface area contributed by atoms with Gasteiger partial charge in [0.1, 0.15) is 12.7 Å². The van der Waals surface area contributed by atoms with Crippen LogP contribution in [0.5, 0.6) is 0 Å². The second-order valence-corrected chi connectivity index (χ2v) is 3.31. The normalized spacial score (nSPS) is 30.0. The fourth-order valence-corrected chi connectivity index (χ4v) is 1.52. The molecule has 0 amide bonds. The predicted molar refractivity (Wildman–Crippen MR) is 47.1 cm³/mol. The zero-order valence-electron chi connectivity index (χ0n) is 7.36. The van der Waals surface area contributed by atoms with E-state index in [0.717, 1.165) is 18.4 Å². The fourth-order valence-electron chi connectivity index (χ4n) is 1.52. The van der Waals surface area contributed by atoms with Crippen molar-refractivity contribution in [2.75, 3.05) is 6.61 Å². The van der Waals surface area contributed by atoms with Gasteiger partial charge in [0.05, 0.1) is 6.10 Å². The first-order valence-electron chi connectivity index (χ1n) is 4.44. The Kier molecular flexibility index (Phi) is 2.19. The van der Waals surface area contributed by atoms with E-state index in [9.17, 15) is 4.79 Å². The van der Waals surface area contributed by atoms with Gasteiger partial charge in [0.25, 0.3) is 0 Å². The largest absolute Gasteiger partial charge is 0.458 e. The summed E-state index contributed by atoms with van der Waals surface area (Å²) in [6, 6.07) is 0. The summed E-state index contributed by atoms with van der Waals surface area (Å²) >= 11 is 0. The van der Waals surface area contributed by atoms with E-state index in [-0.39, 0.29) is 5.97 Å². The Bertz CT molecular complexity index is 267. The molecule has 0 aromatic rings. The Hall–Kier alpha value is -1.09. The number of epoxide rings is 1. The number of ether oxygens (including phenoxy) is 2. The van der Waals surface area contributed by atoms with E-state index in [1.54, 1.807) is 0 Å². The second kappa shape index (κ2) is 3.34. The lowest BCUT2D eigenvalue weighted by molar-refractivity contribution is -0.136. The summed E-state index contributed by atoms with van der Waals surface area (Å²) in [5, 5.41) is 0. The molecule has 1 aliphatic carbocycles. The average Bonchev–Trinajstić information content (AvgIpc) is 2.91. The van der Waals surface area contributed by atoms with Crippen LogP contribution in [0.3, 0.4) is 0 Å². The molecule has 3 heteroatoms. The quantitative estimate of drug-likeness (QED) is 0.283. The number of rotatable bonds is 3. The summed E-state index contributed by atoms with van der Waals surface area (Å²) in [5.74, 6) is -0.361. The van der Waals surface area contributed by atoms with Crippen molar-refractivity contribution in [2.45, 2.75) is 25.0 Å². The third-order valence-corrected chi connectivity index (χ3v) is 2.34. The molecular weight excluding hydrogens is 168 g/mol. The van der Waals surface area contributed by atoms with Gasteiger partial charge in [-0.3, -0.25) is 0 Å². The minimum atomic E-state index is -0.361. The van der Waals surface area contributed by atoms with E-state index < -0.39 is 0 Å². The molecule has 0 saturated carbocycles. The zero-order chi connectivity index (χ0) is 9.26. The molecule has 1 saturated heterocycles. The number of fused-ring (bicyclic) bond motifs is 1. The smallest absolute Gasteiger partial charge is 0.330 e. The third kappa shape index (κ3) is 1.98. The molecule has 0 spiro atoms. The predicted octanol–water partition coefficient (Wildman–Crippen LogP) is 1.20. The lowest BCUT2D eigenvalue weighted by Gasteiger charge is -2.09. The van der Waals surface area contributed by atoms with Gasteiger partial charge in [-0.15, -0.1) is 0 Å². The molecular formula is C10H12O3.